The lowest BCUT2D eigenvalue weighted by atomic mass is 9.88. The molecule has 0 bridgehead atoms. The summed E-state index contributed by atoms with van der Waals surface area (Å²) in [6, 6.07) is 21.9. The van der Waals surface area contributed by atoms with Crippen LogP contribution in [0.2, 0.25) is 0 Å². The molecule has 1 radical (unpaired) electrons. The lowest BCUT2D eigenvalue weighted by molar-refractivity contribution is 0.341. The Morgan fingerprint density at radius 1 is 0.821 bits per heavy atom. The fourth-order valence-electron chi connectivity index (χ4n) is 3.50. The second-order valence-corrected chi connectivity index (χ2v) is 6.51. The summed E-state index contributed by atoms with van der Waals surface area (Å²) in [5.74, 6) is 2.16. The first-order chi connectivity index (χ1) is 13.7. The van der Waals surface area contributed by atoms with E-state index in [1.165, 1.54) is 16.7 Å². The average molecular weight is 375 g/mol. The number of hydrogen-bond donors (Lipinski definition) is 0. The normalized spacial score (nSPS) is 10.6. The van der Waals surface area contributed by atoms with Crippen molar-refractivity contribution in [1.82, 2.24) is 0 Å². The fourth-order valence-corrected chi connectivity index (χ4v) is 3.50. The van der Waals surface area contributed by atoms with Crippen molar-refractivity contribution in [2.75, 3.05) is 20.8 Å². The van der Waals surface area contributed by atoms with E-state index in [-0.39, 0.29) is 0 Å². The molecule has 0 saturated heterocycles. The minimum Gasteiger partial charge on any atom is -0.493 e. The lowest BCUT2D eigenvalue weighted by Gasteiger charge is -2.20. The van der Waals surface area contributed by atoms with E-state index in [0.717, 1.165) is 29.7 Å². The van der Waals surface area contributed by atoms with Crippen LogP contribution in [-0.4, -0.2) is 20.8 Å². The van der Waals surface area contributed by atoms with Crippen molar-refractivity contribution < 1.29 is 14.2 Å². The Labute approximate surface area is 167 Å². The van der Waals surface area contributed by atoms with Crippen LogP contribution < -0.4 is 14.2 Å². The molecule has 0 unspecified atom stereocenters. The van der Waals surface area contributed by atoms with Gasteiger partial charge in [-0.2, -0.15) is 0 Å². The van der Waals surface area contributed by atoms with Crippen LogP contribution in [0.25, 0.3) is 22.3 Å². The van der Waals surface area contributed by atoms with Crippen molar-refractivity contribution in [3.63, 3.8) is 0 Å². The van der Waals surface area contributed by atoms with Crippen LogP contribution in [0.3, 0.4) is 0 Å². The van der Waals surface area contributed by atoms with Gasteiger partial charge in [-0.05, 0) is 53.8 Å². The number of methoxy groups -OCH3 is 2. The Morgan fingerprint density at radius 3 is 2.21 bits per heavy atom. The zero-order chi connectivity index (χ0) is 19.9. The van der Waals surface area contributed by atoms with Gasteiger partial charge in [0.1, 0.15) is 5.75 Å². The maximum Gasteiger partial charge on any atom is 0.161 e. The highest BCUT2D eigenvalue weighted by Gasteiger charge is 2.19. The number of ether oxygens (including phenoxy) is 3. The Hall–Kier alpha value is -2.94. The minimum atomic E-state index is 0.581. The monoisotopic (exact) mass is 375 g/mol. The zero-order valence-corrected chi connectivity index (χ0v) is 17.0. The number of aryl methyl sites for hydroxylation is 1. The summed E-state index contributed by atoms with van der Waals surface area (Å²) in [6.07, 6.45) is 2.04. The molecule has 0 heterocycles. The van der Waals surface area contributed by atoms with Crippen LogP contribution >= 0.6 is 0 Å². The molecule has 0 aromatic heterocycles. The Bertz CT molecular complexity index is 917. The third-order valence-corrected chi connectivity index (χ3v) is 4.72. The van der Waals surface area contributed by atoms with Crippen LogP contribution in [0.4, 0.5) is 0 Å². The maximum absolute atomic E-state index is 5.99. The lowest BCUT2D eigenvalue weighted by Crippen LogP contribution is -2.00. The molecule has 0 N–H and O–H groups in total. The van der Waals surface area contributed by atoms with Gasteiger partial charge >= 0.3 is 0 Å². The van der Waals surface area contributed by atoms with E-state index in [1.54, 1.807) is 14.2 Å². The van der Waals surface area contributed by atoms with E-state index < -0.39 is 0 Å². The Balaban J connectivity index is 2.32. The third kappa shape index (κ3) is 3.99. The van der Waals surface area contributed by atoms with E-state index in [1.807, 2.05) is 25.1 Å². The predicted octanol–water partition coefficient (Wildman–Crippen LogP) is 6.19. The standard InChI is InChI=1S/C25H27O3/c1-5-10-18-13-16-22(28-6-2)25(24(18)19-11-8-7-9-12-19)20-14-15-21(26-3)23(17-20)27-4/h7-9,11-15,17H,5-6,10H2,1-4H3. The van der Waals surface area contributed by atoms with Crippen molar-refractivity contribution in [3.05, 3.63) is 66.2 Å². The highest BCUT2D eigenvalue weighted by atomic mass is 16.5. The van der Waals surface area contributed by atoms with E-state index >= 15 is 0 Å². The van der Waals surface area contributed by atoms with Gasteiger partial charge in [-0.3, -0.25) is 0 Å². The summed E-state index contributed by atoms with van der Waals surface area (Å²) in [6.45, 7) is 4.77. The average Bonchev–Trinajstić information content (AvgIpc) is 2.75. The molecule has 0 saturated carbocycles. The minimum absolute atomic E-state index is 0.581. The van der Waals surface area contributed by atoms with Crippen LogP contribution in [0.15, 0.2) is 54.6 Å². The van der Waals surface area contributed by atoms with Crippen molar-refractivity contribution in [2.24, 2.45) is 0 Å². The summed E-state index contributed by atoms with van der Waals surface area (Å²) in [4.78, 5) is 0. The fraction of sp³-hybridized carbons (Fsp3) is 0.280. The molecule has 0 aliphatic carbocycles. The van der Waals surface area contributed by atoms with Gasteiger partial charge in [-0.15, -0.1) is 0 Å². The molecule has 0 spiro atoms. The van der Waals surface area contributed by atoms with Crippen LogP contribution in [0.1, 0.15) is 25.8 Å². The molecule has 145 valence electrons. The molecule has 3 aromatic carbocycles. The zero-order valence-electron chi connectivity index (χ0n) is 17.0. The Morgan fingerprint density at radius 2 is 1.57 bits per heavy atom. The first-order valence-electron chi connectivity index (χ1n) is 9.71. The molecule has 3 aromatic rings. The van der Waals surface area contributed by atoms with Gasteiger partial charge in [-0.25, -0.2) is 0 Å². The smallest absolute Gasteiger partial charge is 0.161 e. The van der Waals surface area contributed by atoms with E-state index in [9.17, 15) is 0 Å². The molecule has 3 nitrogen and oxygen atoms in total. The van der Waals surface area contributed by atoms with Gasteiger partial charge in [0.15, 0.2) is 11.5 Å². The van der Waals surface area contributed by atoms with Crippen molar-refractivity contribution in [1.29, 1.82) is 0 Å². The molecule has 0 amide bonds. The molecule has 0 fully saturated rings. The topological polar surface area (TPSA) is 27.7 Å². The molecular formula is C25H27O3. The SMILES string of the molecule is CCCc1c[c]c(OCC)c(-c2ccc(OC)c(OC)c2)c1-c1ccccc1. The molecule has 0 atom stereocenters. The highest BCUT2D eigenvalue weighted by molar-refractivity contribution is 5.90. The summed E-state index contributed by atoms with van der Waals surface area (Å²) in [7, 11) is 3.30. The first kappa shape index (κ1) is 19.8. The molecular weight excluding hydrogens is 348 g/mol. The summed E-state index contributed by atoms with van der Waals surface area (Å²) in [5.41, 5.74) is 5.69. The van der Waals surface area contributed by atoms with Crippen LogP contribution in [-0.2, 0) is 6.42 Å². The third-order valence-electron chi connectivity index (χ3n) is 4.72. The van der Waals surface area contributed by atoms with E-state index in [2.05, 4.69) is 49.4 Å². The summed E-state index contributed by atoms with van der Waals surface area (Å²) in [5, 5.41) is 0. The van der Waals surface area contributed by atoms with E-state index in [0.29, 0.717) is 18.1 Å². The van der Waals surface area contributed by atoms with Gasteiger partial charge < -0.3 is 14.2 Å². The van der Waals surface area contributed by atoms with Gasteiger partial charge in [0, 0.05) is 11.6 Å². The number of hydrogen-bond acceptors (Lipinski definition) is 3. The molecule has 3 rings (SSSR count). The van der Waals surface area contributed by atoms with Gasteiger partial charge in [0.05, 0.1) is 20.8 Å². The second-order valence-electron chi connectivity index (χ2n) is 6.51. The summed E-state index contributed by atoms with van der Waals surface area (Å²) >= 11 is 0. The van der Waals surface area contributed by atoms with Gasteiger partial charge in [0.2, 0.25) is 0 Å². The van der Waals surface area contributed by atoms with Crippen molar-refractivity contribution in [3.8, 4) is 39.5 Å². The van der Waals surface area contributed by atoms with E-state index in [4.69, 9.17) is 14.2 Å². The van der Waals surface area contributed by atoms with Crippen molar-refractivity contribution >= 4 is 0 Å². The predicted molar refractivity (Wildman–Crippen MR) is 114 cm³/mol. The van der Waals surface area contributed by atoms with Crippen molar-refractivity contribution in [2.45, 2.75) is 26.7 Å². The molecule has 3 heteroatoms. The first-order valence-corrected chi connectivity index (χ1v) is 9.71. The van der Waals surface area contributed by atoms with Crippen LogP contribution in [0, 0.1) is 6.07 Å². The number of rotatable bonds is 8. The van der Waals surface area contributed by atoms with Gasteiger partial charge in [-0.1, -0.05) is 49.7 Å². The number of benzene rings is 3. The maximum atomic E-state index is 5.99. The Kier molecular flexibility index (Phi) is 6.59. The highest BCUT2D eigenvalue weighted by Crippen LogP contribution is 2.44. The molecule has 28 heavy (non-hydrogen) atoms. The largest absolute Gasteiger partial charge is 0.493 e. The molecule has 0 aliphatic rings. The van der Waals surface area contributed by atoms with Gasteiger partial charge in [0.25, 0.3) is 0 Å². The quantitative estimate of drug-likeness (QED) is 0.470. The molecule has 0 aliphatic heterocycles. The summed E-state index contributed by atoms with van der Waals surface area (Å²) < 4.78 is 17.0. The second kappa shape index (κ2) is 9.32. The van der Waals surface area contributed by atoms with Crippen LogP contribution in [0.5, 0.6) is 17.2 Å².